The molecule has 2 heterocycles. The Balaban J connectivity index is 1.18. The van der Waals surface area contributed by atoms with Crippen molar-refractivity contribution in [2.75, 3.05) is 4.90 Å². The van der Waals surface area contributed by atoms with Gasteiger partial charge >= 0.3 is 0 Å². The number of para-hydroxylation sites is 3. The highest BCUT2D eigenvalue weighted by molar-refractivity contribution is 6.13. The standard InChI is InChI=1S/C49H31NO2/c1-4-15-32(16-5-1)49(33-17-6-2-7-18-33)42-24-12-10-21-36(42)39-30-41-38-23-14-25-44(48(38)52-47(41)31-43(39)49)50(34-19-8-3-9-20-34)35-27-28-46-40(29-35)37-22-11-13-26-45(37)51-46/h1-31H. The summed E-state index contributed by atoms with van der Waals surface area (Å²) in [4.78, 5) is 2.30. The molecule has 0 unspecified atom stereocenters. The third-order valence-corrected chi connectivity index (χ3v) is 10.9. The van der Waals surface area contributed by atoms with Crippen LogP contribution in [0.25, 0.3) is 55.0 Å². The van der Waals surface area contributed by atoms with Crippen LogP contribution >= 0.6 is 0 Å². The summed E-state index contributed by atoms with van der Waals surface area (Å²) in [5.41, 5.74) is 13.5. The summed E-state index contributed by atoms with van der Waals surface area (Å²) >= 11 is 0. The molecule has 3 nitrogen and oxygen atoms in total. The minimum absolute atomic E-state index is 0.497. The van der Waals surface area contributed by atoms with Gasteiger partial charge in [0.2, 0.25) is 0 Å². The molecule has 0 saturated heterocycles. The van der Waals surface area contributed by atoms with Gasteiger partial charge in [-0.15, -0.1) is 0 Å². The quantitative estimate of drug-likeness (QED) is 0.183. The van der Waals surface area contributed by atoms with Gasteiger partial charge < -0.3 is 13.7 Å². The molecule has 8 aromatic carbocycles. The maximum Gasteiger partial charge on any atom is 0.159 e. The maximum atomic E-state index is 7.08. The van der Waals surface area contributed by atoms with Gasteiger partial charge in [0.25, 0.3) is 0 Å². The Kier molecular flexibility index (Phi) is 6.17. The van der Waals surface area contributed by atoms with Crippen molar-refractivity contribution in [3.63, 3.8) is 0 Å². The first-order valence-electron chi connectivity index (χ1n) is 17.8. The fourth-order valence-corrected chi connectivity index (χ4v) is 8.75. The third-order valence-electron chi connectivity index (χ3n) is 10.9. The van der Waals surface area contributed by atoms with Gasteiger partial charge in [0, 0.05) is 32.9 Å². The van der Waals surface area contributed by atoms with Crippen molar-refractivity contribution in [1.82, 2.24) is 0 Å². The van der Waals surface area contributed by atoms with Crippen LogP contribution in [0.4, 0.5) is 17.1 Å². The van der Waals surface area contributed by atoms with Crippen molar-refractivity contribution in [1.29, 1.82) is 0 Å². The summed E-state index contributed by atoms with van der Waals surface area (Å²) in [6.45, 7) is 0. The van der Waals surface area contributed by atoms with E-state index in [1.165, 1.54) is 33.4 Å². The smallest absolute Gasteiger partial charge is 0.159 e. The van der Waals surface area contributed by atoms with Crippen LogP contribution in [0, 0.1) is 0 Å². The summed E-state index contributed by atoms with van der Waals surface area (Å²) in [5, 5.41) is 4.37. The zero-order valence-corrected chi connectivity index (χ0v) is 28.2. The number of hydrogen-bond acceptors (Lipinski definition) is 3. The van der Waals surface area contributed by atoms with Gasteiger partial charge in [-0.25, -0.2) is 0 Å². The Bertz CT molecular complexity index is 2920. The van der Waals surface area contributed by atoms with E-state index in [4.69, 9.17) is 8.83 Å². The minimum Gasteiger partial charge on any atom is -0.456 e. The average Bonchev–Trinajstić information content (AvgIpc) is 3.86. The molecule has 0 radical (unpaired) electrons. The molecule has 0 aliphatic heterocycles. The Labute approximate surface area is 300 Å². The summed E-state index contributed by atoms with van der Waals surface area (Å²) in [6, 6.07) is 67.1. The summed E-state index contributed by atoms with van der Waals surface area (Å²) in [6.07, 6.45) is 0. The Morgan fingerprint density at radius 3 is 1.79 bits per heavy atom. The molecule has 0 spiro atoms. The highest BCUT2D eigenvalue weighted by atomic mass is 16.3. The second-order valence-corrected chi connectivity index (χ2v) is 13.6. The molecule has 0 bridgehead atoms. The lowest BCUT2D eigenvalue weighted by atomic mass is 9.67. The average molecular weight is 666 g/mol. The van der Waals surface area contributed by atoms with Crippen molar-refractivity contribution in [3.05, 3.63) is 210 Å². The minimum atomic E-state index is -0.497. The second kappa shape index (κ2) is 11.1. The zero-order chi connectivity index (χ0) is 34.2. The molecule has 0 N–H and O–H groups in total. The molecule has 3 heteroatoms. The topological polar surface area (TPSA) is 29.5 Å². The summed E-state index contributed by atoms with van der Waals surface area (Å²) in [7, 11) is 0. The van der Waals surface area contributed by atoms with Crippen molar-refractivity contribution < 1.29 is 8.83 Å². The zero-order valence-electron chi connectivity index (χ0n) is 28.2. The van der Waals surface area contributed by atoms with E-state index in [9.17, 15) is 0 Å². The van der Waals surface area contributed by atoms with E-state index in [-0.39, 0.29) is 0 Å². The van der Waals surface area contributed by atoms with Crippen LogP contribution in [0.15, 0.2) is 197 Å². The molecule has 1 aliphatic carbocycles. The number of benzene rings is 8. The number of furan rings is 2. The van der Waals surface area contributed by atoms with E-state index in [1.54, 1.807) is 0 Å². The monoisotopic (exact) mass is 665 g/mol. The molecular weight excluding hydrogens is 635 g/mol. The lowest BCUT2D eigenvalue weighted by molar-refractivity contribution is 0.666. The normalized spacial score (nSPS) is 13.2. The van der Waals surface area contributed by atoms with Crippen LogP contribution in [0.2, 0.25) is 0 Å². The van der Waals surface area contributed by atoms with Gasteiger partial charge in [-0.2, -0.15) is 0 Å². The molecule has 52 heavy (non-hydrogen) atoms. The van der Waals surface area contributed by atoms with E-state index in [2.05, 4.69) is 181 Å². The van der Waals surface area contributed by atoms with Crippen LogP contribution in [-0.4, -0.2) is 0 Å². The molecule has 0 saturated carbocycles. The Morgan fingerprint density at radius 2 is 1.00 bits per heavy atom. The fraction of sp³-hybridized carbons (Fsp3) is 0.0204. The Morgan fingerprint density at radius 1 is 0.365 bits per heavy atom. The van der Waals surface area contributed by atoms with E-state index >= 15 is 0 Å². The maximum absolute atomic E-state index is 7.08. The van der Waals surface area contributed by atoms with E-state index < -0.39 is 5.41 Å². The van der Waals surface area contributed by atoms with Crippen LogP contribution in [0.5, 0.6) is 0 Å². The molecule has 11 rings (SSSR count). The first-order valence-corrected chi connectivity index (χ1v) is 17.8. The van der Waals surface area contributed by atoms with Crippen molar-refractivity contribution >= 4 is 60.9 Å². The van der Waals surface area contributed by atoms with Gasteiger partial charge in [-0.05, 0) is 88.0 Å². The number of fused-ring (bicyclic) bond motifs is 9. The van der Waals surface area contributed by atoms with E-state index in [0.717, 1.165) is 60.9 Å². The molecule has 0 atom stereocenters. The highest BCUT2D eigenvalue weighted by Gasteiger charge is 2.46. The van der Waals surface area contributed by atoms with Crippen LogP contribution in [0.1, 0.15) is 22.3 Å². The van der Waals surface area contributed by atoms with Crippen LogP contribution in [0.3, 0.4) is 0 Å². The van der Waals surface area contributed by atoms with Gasteiger partial charge in [-0.3, -0.25) is 0 Å². The van der Waals surface area contributed by atoms with Crippen molar-refractivity contribution in [2.24, 2.45) is 0 Å². The predicted octanol–water partition coefficient (Wildman–Crippen LogP) is 13.3. The van der Waals surface area contributed by atoms with Gasteiger partial charge in [0.1, 0.15) is 16.7 Å². The molecule has 2 aromatic heterocycles. The lowest BCUT2D eigenvalue weighted by Crippen LogP contribution is -2.28. The van der Waals surface area contributed by atoms with Crippen LogP contribution < -0.4 is 4.90 Å². The Hall–Kier alpha value is -6.84. The number of hydrogen-bond donors (Lipinski definition) is 0. The first-order chi connectivity index (χ1) is 25.8. The van der Waals surface area contributed by atoms with Gasteiger partial charge in [0.15, 0.2) is 5.58 Å². The van der Waals surface area contributed by atoms with Gasteiger partial charge in [-0.1, -0.05) is 133 Å². The van der Waals surface area contributed by atoms with E-state index in [1.807, 2.05) is 12.1 Å². The SMILES string of the molecule is c1ccc(N(c2ccc3oc4ccccc4c3c2)c2cccc3c2oc2cc4c(cc23)-c2ccccc2C4(c2ccccc2)c2ccccc2)cc1. The van der Waals surface area contributed by atoms with Crippen molar-refractivity contribution in [3.8, 4) is 11.1 Å². The third kappa shape index (κ3) is 4.02. The number of rotatable bonds is 5. The molecule has 1 aliphatic rings. The highest BCUT2D eigenvalue weighted by Crippen LogP contribution is 2.57. The predicted molar refractivity (Wildman–Crippen MR) is 213 cm³/mol. The molecule has 0 fully saturated rings. The molecule has 10 aromatic rings. The fourth-order valence-electron chi connectivity index (χ4n) is 8.75. The lowest BCUT2D eigenvalue weighted by Gasteiger charge is -2.33. The second-order valence-electron chi connectivity index (χ2n) is 13.6. The summed E-state index contributed by atoms with van der Waals surface area (Å²) in [5.74, 6) is 0. The molecule has 0 amide bonds. The molecular formula is C49H31NO2. The largest absolute Gasteiger partial charge is 0.456 e. The van der Waals surface area contributed by atoms with Crippen LogP contribution in [-0.2, 0) is 5.41 Å². The molecule has 244 valence electrons. The number of anilines is 3. The van der Waals surface area contributed by atoms with Crippen molar-refractivity contribution in [2.45, 2.75) is 5.41 Å². The number of nitrogens with zero attached hydrogens (tertiary/aromatic N) is 1. The van der Waals surface area contributed by atoms with E-state index in [0.29, 0.717) is 0 Å². The van der Waals surface area contributed by atoms with Gasteiger partial charge in [0.05, 0.1) is 11.1 Å². The first kappa shape index (κ1) is 28.9. The summed E-state index contributed by atoms with van der Waals surface area (Å²) < 4.78 is 13.3.